The summed E-state index contributed by atoms with van der Waals surface area (Å²) >= 11 is 0. The van der Waals surface area contributed by atoms with Gasteiger partial charge in [0.15, 0.2) is 0 Å². The van der Waals surface area contributed by atoms with E-state index in [2.05, 4.69) is 48.1 Å². The summed E-state index contributed by atoms with van der Waals surface area (Å²) in [5, 5.41) is 11.6. The van der Waals surface area contributed by atoms with Gasteiger partial charge in [0.2, 0.25) is 11.8 Å². The highest BCUT2D eigenvalue weighted by atomic mass is 16.4. The Bertz CT molecular complexity index is 369. The fourth-order valence-corrected chi connectivity index (χ4v) is 1.91. The first-order chi connectivity index (χ1) is 7.97. The lowest BCUT2D eigenvalue weighted by atomic mass is 9.97. The van der Waals surface area contributed by atoms with Crippen LogP contribution in [0.2, 0.25) is 0 Å². The molecule has 0 aliphatic carbocycles. The van der Waals surface area contributed by atoms with Crippen molar-refractivity contribution in [2.45, 2.75) is 45.7 Å². The smallest absolute Gasteiger partial charge is 0.230 e. The zero-order valence-electron chi connectivity index (χ0n) is 11.2. The van der Waals surface area contributed by atoms with Crippen molar-refractivity contribution in [1.29, 1.82) is 0 Å². The van der Waals surface area contributed by atoms with Crippen LogP contribution in [0.1, 0.15) is 39.5 Å². The molecular formula is C12H22N4O. The number of piperazine rings is 1. The largest absolute Gasteiger partial charge is 0.423 e. The van der Waals surface area contributed by atoms with E-state index in [1.54, 1.807) is 0 Å². The Hall–Kier alpha value is -0.940. The van der Waals surface area contributed by atoms with E-state index in [9.17, 15) is 0 Å². The van der Waals surface area contributed by atoms with Crippen molar-refractivity contribution in [3.05, 3.63) is 11.8 Å². The summed E-state index contributed by atoms with van der Waals surface area (Å²) in [6, 6.07) is 0.522. The van der Waals surface area contributed by atoms with E-state index in [0.717, 1.165) is 38.0 Å². The predicted molar refractivity (Wildman–Crippen MR) is 65.7 cm³/mol. The number of rotatable bonds is 2. The molecule has 1 atom stereocenters. The maximum Gasteiger partial charge on any atom is 0.230 e. The number of hydrogen-bond acceptors (Lipinski definition) is 5. The van der Waals surface area contributed by atoms with E-state index in [-0.39, 0.29) is 5.41 Å². The van der Waals surface area contributed by atoms with Crippen LogP contribution in [0.15, 0.2) is 4.42 Å². The lowest BCUT2D eigenvalue weighted by Gasteiger charge is -2.32. The number of nitrogens with one attached hydrogen (secondary N) is 1. The zero-order valence-corrected chi connectivity index (χ0v) is 11.2. The third-order valence-electron chi connectivity index (χ3n) is 3.09. The summed E-state index contributed by atoms with van der Waals surface area (Å²) in [7, 11) is 0. The Morgan fingerprint density at radius 1 is 1.41 bits per heavy atom. The molecule has 0 spiro atoms. The van der Waals surface area contributed by atoms with Crippen molar-refractivity contribution in [1.82, 2.24) is 20.4 Å². The SMILES string of the molecule is C[C@H]1CNCCN1Cc1nnc(C(C)(C)C)o1. The molecule has 5 nitrogen and oxygen atoms in total. The standard InChI is InChI=1S/C12H22N4O/c1-9-7-13-5-6-16(9)8-10-14-15-11(17-10)12(2,3)4/h9,13H,5-8H2,1-4H3/t9-/m0/s1. The number of hydrogen-bond donors (Lipinski definition) is 1. The summed E-state index contributed by atoms with van der Waals surface area (Å²) in [5.74, 6) is 1.44. The van der Waals surface area contributed by atoms with Gasteiger partial charge in [-0.15, -0.1) is 10.2 Å². The molecule has 1 aliphatic heterocycles. The molecule has 1 aromatic rings. The third-order valence-corrected chi connectivity index (χ3v) is 3.09. The summed E-state index contributed by atoms with van der Waals surface area (Å²) in [6.45, 7) is 12.3. The van der Waals surface area contributed by atoms with Crippen molar-refractivity contribution < 1.29 is 4.42 Å². The molecular weight excluding hydrogens is 216 g/mol. The Kier molecular flexibility index (Phi) is 3.49. The summed E-state index contributed by atoms with van der Waals surface area (Å²) in [5.41, 5.74) is -0.0691. The third kappa shape index (κ3) is 3.04. The zero-order chi connectivity index (χ0) is 12.5. The van der Waals surface area contributed by atoms with Crippen molar-refractivity contribution in [3.63, 3.8) is 0 Å². The molecule has 0 aromatic carbocycles. The molecule has 1 aromatic heterocycles. The molecule has 0 unspecified atom stereocenters. The fraction of sp³-hybridized carbons (Fsp3) is 0.833. The molecule has 2 rings (SSSR count). The van der Waals surface area contributed by atoms with Crippen molar-refractivity contribution in [2.75, 3.05) is 19.6 Å². The molecule has 0 amide bonds. The van der Waals surface area contributed by atoms with Gasteiger partial charge in [-0.3, -0.25) is 4.90 Å². The first-order valence-corrected chi connectivity index (χ1v) is 6.24. The highest BCUT2D eigenvalue weighted by Gasteiger charge is 2.24. The maximum absolute atomic E-state index is 5.71. The topological polar surface area (TPSA) is 54.2 Å². The molecule has 1 fully saturated rings. The van der Waals surface area contributed by atoms with Gasteiger partial charge in [-0.1, -0.05) is 20.8 Å². The van der Waals surface area contributed by atoms with Gasteiger partial charge in [-0.05, 0) is 6.92 Å². The lowest BCUT2D eigenvalue weighted by molar-refractivity contribution is 0.149. The number of nitrogens with zero attached hydrogens (tertiary/aromatic N) is 3. The van der Waals surface area contributed by atoms with Crippen LogP contribution in [-0.4, -0.2) is 40.8 Å². The average Bonchev–Trinajstić information content (AvgIpc) is 2.69. The van der Waals surface area contributed by atoms with E-state index in [1.165, 1.54) is 0 Å². The molecule has 0 saturated carbocycles. The molecule has 5 heteroatoms. The Labute approximate surface area is 103 Å². The van der Waals surface area contributed by atoms with Crippen LogP contribution in [0, 0.1) is 0 Å². The molecule has 2 heterocycles. The van der Waals surface area contributed by atoms with Crippen LogP contribution in [-0.2, 0) is 12.0 Å². The summed E-state index contributed by atoms with van der Waals surface area (Å²) < 4.78 is 5.71. The van der Waals surface area contributed by atoms with Crippen LogP contribution in [0.3, 0.4) is 0 Å². The van der Waals surface area contributed by atoms with E-state index in [1.807, 2.05) is 0 Å². The van der Waals surface area contributed by atoms with Gasteiger partial charge in [-0.2, -0.15) is 0 Å². The first-order valence-electron chi connectivity index (χ1n) is 6.24. The van der Waals surface area contributed by atoms with Crippen LogP contribution in [0.5, 0.6) is 0 Å². The molecule has 0 bridgehead atoms. The second-order valence-electron chi connectivity index (χ2n) is 5.77. The van der Waals surface area contributed by atoms with Gasteiger partial charge in [0.25, 0.3) is 0 Å². The van der Waals surface area contributed by atoms with Gasteiger partial charge in [0.1, 0.15) is 0 Å². The minimum atomic E-state index is -0.0691. The van der Waals surface area contributed by atoms with Crippen LogP contribution < -0.4 is 5.32 Å². The van der Waals surface area contributed by atoms with Crippen LogP contribution in [0.4, 0.5) is 0 Å². The summed E-state index contributed by atoms with van der Waals surface area (Å²) in [4.78, 5) is 2.37. The second kappa shape index (κ2) is 4.74. The quantitative estimate of drug-likeness (QED) is 0.838. The maximum atomic E-state index is 5.71. The minimum Gasteiger partial charge on any atom is -0.423 e. The highest BCUT2D eigenvalue weighted by molar-refractivity contribution is 4.96. The predicted octanol–water partition coefficient (Wildman–Crippen LogP) is 1.16. The molecule has 0 radical (unpaired) electrons. The molecule has 1 aliphatic rings. The van der Waals surface area contributed by atoms with Gasteiger partial charge >= 0.3 is 0 Å². The second-order valence-corrected chi connectivity index (χ2v) is 5.77. The van der Waals surface area contributed by atoms with Gasteiger partial charge in [0, 0.05) is 31.1 Å². The fourth-order valence-electron chi connectivity index (χ4n) is 1.91. The van der Waals surface area contributed by atoms with Gasteiger partial charge in [0.05, 0.1) is 6.54 Å². The van der Waals surface area contributed by atoms with E-state index in [0.29, 0.717) is 6.04 Å². The minimum absolute atomic E-state index is 0.0691. The lowest BCUT2D eigenvalue weighted by Crippen LogP contribution is -2.49. The monoisotopic (exact) mass is 238 g/mol. The van der Waals surface area contributed by atoms with Crippen molar-refractivity contribution in [3.8, 4) is 0 Å². The van der Waals surface area contributed by atoms with Gasteiger partial charge < -0.3 is 9.73 Å². The Balaban J connectivity index is 2.01. The Morgan fingerprint density at radius 3 is 2.76 bits per heavy atom. The highest BCUT2D eigenvalue weighted by Crippen LogP contribution is 2.21. The first kappa shape index (κ1) is 12.5. The molecule has 1 saturated heterocycles. The van der Waals surface area contributed by atoms with E-state index < -0.39 is 0 Å². The molecule has 17 heavy (non-hydrogen) atoms. The van der Waals surface area contributed by atoms with E-state index >= 15 is 0 Å². The van der Waals surface area contributed by atoms with Crippen LogP contribution in [0.25, 0.3) is 0 Å². The average molecular weight is 238 g/mol. The van der Waals surface area contributed by atoms with Crippen molar-refractivity contribution in [2.24, 2.45) is 0 Å². The van der Waals surface area contributed by atoms with Crippen molar-refractivity contribution >= 4 is 0 Å². The molecule has 1 N–H and O–H groups in total. The summed E-state index contributed by atoms with van der Waals surface area (Å²) in [6.07, 6.45) is 0. The molecule has 96 valence electrons. The Morgan fingerprint density at radius 2 is 2.18 bits per heavy atom. The van der Waals surface area contributed by atoms with E-state index in [4.69, 9.17) is 4.42 Å². The van der Waals surface area contributed by atoms with Crippen LogP contribution >= 0.6 is 0 Å². The normalized spacial score (nSPS) is 22.9. The number of aromatic nitrogens is 2. The van der Waals surface area contributed by atoms with Gasteiger partial charge in [-0.25, -0.2) is 0 Å².